The maximum atomic E-state index is 13.4. The molecule has 0 saturated heterocycles. The Kier molecular flexibility index (Phi) is 8.72. The molecule has 8 nitrogen and oxygen atoms in total. The van der Waals surface area contributed by atoms with Crippen LogP contribution in [0.25, 0.3) is 0 Å². The van der Waals surface area contributed by atoms with Crippen molar-refractivity contribution in [2.24, 2.45) is 0 Å². The summed E-state index contributed by atoms with van der Waals surface area (Å²) in [7, 11) is -0.795. The summed E-state index contributed by atoms with van der Waals surface area (Å²) in [4.78, 5) is 31.9. The van der Waals surface area contributed by atoms with Crippen LogP contribution in [0.15, 0.2) is 29.2 Å². The fourth-order valence-electron chi connectivity index (χ4n) is 2.84. The molecule has 2 rings (SSSR count). The van der Waals surface area contributed by atoms with E-state index in [4.69, 9.17) is 4.74 Å². The summed E-state index contributed by atoms with van der Waals surface area (Å²) in [5.41, 5.74) is 0.737. The third kappa shape index (κ3) is 5.90. The Balaban J connectivity index is 2.44. The summed E-state index contributed by atoms with van der Waals surface area (Å²) >= 11 is 1.10. The summed E-state index contributed by atoms with van der Waals surface area (Å²) in [6.07, 6.45) is 2.66. The standard InChI is InChI=1S/C21H29N3O5S2/c1-6-8-9-13-24(21-22-15(3)18(30-21)20(26)29-7-2)19(25)16-11-10-12-17(14-16)31(27,28)23(4)5/h10-12,14H,6-9,13H2,1-5H3. The molecule has 1 amide bonds. The summed E-state index contributed by atoms with van der Waals surface area (Å²) in [6, 6.07) is 5.96. The zero-order valence-electron chi connectivity index (χ0n) is 18.5. The predicted molar refractivity (Wildman–Crippen MR) is 121 cm³/mol. The number of sulfonamides is 1. The molecule has 10 heteroatoms. The second-order valence-corrected chi connectivity index (χ2v) is 10.2. The second-order valence-electron chi connectivity index (χ2n) is 7.11. The number of ether oxygens (including phenoxy) is 1. The molecule has 170 valence electrons. The molecule has 0 aliphatic heterocycles. The van der Waals surface area contributed by atoms with Gasteiger partial charge < -0.3 is 4.74 Å². The first kappa shape index (κ1) is 25.0. The average molecular weight is 468 g/mol. The van der Waals surface area contributed by atoms with E-state index >= 15 is 0 Å². The van der Waals surface area contributed by atoms with Gasteiger partial charge in [0.25, 0.3) is 5.91 Å². The van der Waals surface area contributed by atoms with Crippen LogP contribution in [-0.4, -0.2) is 56.8 Å². The summed E-state index contributed by atoms with van der Waals surface area (Å²) in [5.74, 6) is -0.833. The van der Waals surface area contributed by atoms with E-state index < -0.39 is 16.0 Å². The molecule has 1 heterocycles. The molecule has 1 aromatic heterocycles. The van der Waals surface area contributed by atoms with E-state index in [0.717, 1.165) is 34.9 Å². The molecular formula is C21H29N3O5S2. The highest BCUT2D eigenvalue weighted by Gasteiger charge is 2.26. The number of carbonyl (C=O) groups excluding carboxylic acids is 2. The minimum Gasteiger partial charge on any atom is -0.462 e. The Morgan fingerprint density at radius 1 is 1.16 bits per heavy atom. The van der Waals surface area contributed by atoms with Gasteiger partial charge in [0.15, 0.2) is 5.13 Å². The molecule has 0 bridgehead atoms. The Labute approximate surface area is 187 Å². The normalized spacial score (nSPS) is 11.5. The van der Waals surface area contributed by atoms with Gasteiger partial charge in [-0.05, 0) is 38.5 Å². The van der Waals surface area contributed by atoms with E-state index in [1.807, 2.05) is 0 Å². The highest BCUT2D eigenvalue weighted by Crippen LogP contribution is 2.29. The summed E-state index contributed by atoms with van der Waals surface area (Å²) in [6.45, 7) is 6.15. The smallest absolute Gasteiger partial charge is 0.350 e. The van der Waals surface area contributed by atoms with Gasteiger partial charge >= 0.3 is 5.97 Å². The molecule has 1 aromatic carbocycles. The van der Waals surface area contributed by atoms with Crippen LogP contribution in [0.5, 0.6) is 0 Å². The Bertz CT molecular complexity index is 1030. The van der Waals surface area contributed by atoms with Gasteiger partial charge in [-0.3, -0.25) is 9.69 Å². The number of esters is 1. The van der Waals surface area contributed by atoms with Crippen molar-refractivity contribution in [1.82, 2.24) is 9.29 Å². The molecular weight excluding hydrogens is 438 g/mol. The van der Waals surface area contributed by atoms with E-state index in [1.165, 1.54) is 31.1 Å². The van der Waals surface area contributed by atoms with Crippen LogP contribution in [0.2, 0.25) is 0 Å². The first-order chi connectivity index (χ1) is 14.6. The number of unbranched alkanes of at least 4 members (excludes halogenated alkanes) is 2. The van der Waals surface area contributed by atoms with Crippen LogP contribution in [0.1, 0.15) is 58.8 Å². The number of carbonyl (C=O) groups is 2. The lowest BCUT2D eigenvalue weighted by Crippen LogP contribution is -2.32. The van der Waals surface area contributed by atoms with Crippen LogP contribution in [0.4, 0.5) is 5.13 Å². The predicted octanol–water partition coefficient (Wildman–Crippen LogP) is 3.72. The van der Waals surface area contributed by atoms with Crippen molar-refractivity contribution < 1.29 is 22.7 Å². The average Bonchev–Trinajstić information content (AvgIpc) is 3.12. The zero-order chi connectivity index (χ0) is 23.2. The SMILES string of the molecule is CCCCCN(C(=O)c1cccc(S(=O)(=O)N(C)C)c1)c1nc(C)c(C(=O)OCC)s1. The summed E-state index contributed by atoms with van der Waals surface area (Å²) < 4.78 is 31.1. The second kappa shape index (κ2) is 10.8. The molecule has 0 N–H and O–H groups in total. The van der Waals surface area contributed by atoms with Crippen molar-refractivity contribution in [3.05, 3.63) is 40.4 Å². The number of thiazole rings is 1. The number of aromatic nitrogens is 1. The number of amides is 1. The maximum Gasteiger partial charge on any atom is 0.350 e. The van der Waals surface area contributed by atoms with Gasteiger partial charge in [0, 0.05) is 26.2 Å². The molecule has 0 spiro atoms. The van der Waals surface area contributed by atoms with E-state index in [1.54, 1.807) is 26.0 Å². The first-order valence-electron chi connectivity index (χ1n) is 10.1. The molecule has 0 aliphatic carbocycles. The van der Waals surface area contributed by atoms with Gasteiger partial charge in [0.05, 0.1) is 17.2 Å². The quantitative estimate of drug-likeness (QED) is 0.390. The third-order valence-electron chi connectivity index (χ3n) is 4.57. The van der Waals surface area contributed by atoms with Crippen LogP contribution in [0.3, 0.4) is 0 Å². The van der Waals surface area contributed by atoms with Crippen molar-refractivity contribution in [2.75, 3.05) is 32.1 Å². The zero-order valence-corrected chi connectivity index (χ0v) is 20.2. The molecule has 0 unspecified atom stereocenters. The first-order valence-corrected chi connectivity index (χ1v) is 12.4. The van der Waals surface area contributed by atoms with Gasteiger partial charge in [-0.2, -0.15) is 0 Å². The Morgan fingerprint density at radius 2 is 1.87 bits per heavy atom. The van der Waals surface area contributed by atoms with Crippen molar-refractivity contribution in [3.63, 3.8) is 0 Å². The maximum absolute atomic E-state index is 13.4. The number of rotatable bonds is 10. The van der Waals surface area contributed by atoms with Crippen LogP contribution >= 0.6 is 11.3 Å². The van der Waals surface area contributed by atoms with Gasteiger partial charge in [0.1, 0.15) is 4.88 Å². The molecule has 0 atom stereocenters. The number of hydrogen-bond donors (Lipinski definition) is 0. The minimum atomic E-state index is -3.68. The minimum absolute atomic E-state index is 0.0411. The number of nitrogens with zero attached hydrogens (tertiary/aromatic N) is 3. The highest BCUT2D eigenvalue weighted by atomic mass is 32.2. The molecule has 0 aliphatic rings. The van der Waals surface area contributed by atoms with E-state index in [-0.39, 0.29) is 23.0 Å². The molecule has 31 heavy (non-hydrogen) atoms. The van der Waals surface area contributed by atoms with Crippen molar-refractivity contribution in [1.29, 1.82) is 0 Å². The lowest BCUT2D eigenvalue weighted by Gasteiger charge is -2.20. The van der Waals surface area contributed by atoms with Crippen molar-refractivity contribution >= 4 is 38.4 Å². The van der Waals surface area contributed by atoms with Crippen LogP contribution < -0.4 is 4.90 Å². The highest BCUT2D eigenvalue weighted by molar-refractivity contribution is 7.89. The largest absolute Gasteiger partial charge is 0.462 e. The van der Waals surface area contributed by atoms with Gasteiger partial charge in [-0.15, -0.1) is 0 Å². The van der Waals surface area contributed by atoms with Crippen molar-refractivity contribution in [2.45, 2.75) is 44.9 Å². The van der Waals surface area contributed by atoms with Crippen LogP contribution in [0, 0.1) is 6.92 Å². The molecule has 0 saturated carbocycles. The number of aryl methyl sites for hydroxylation is 1. The Morgan fingerprint density at radius 3 is 2.48 bits per heavy atom. The number of anilines is 1. The number of hydrogen-bond acceptors (Lipinski definition) is 7. The summed E-state index contributed by atoms with van der Waals surface area (Å²) in [5, 5.41) is 0.391. The molecule has 0 fully saturated rings. The Hall–Kier alpha value is -2.30. The van der Waals surface area contributed by atoms with Crippen molar-refractivity contribution in [3.8, 4) is 0 Å². The van der Waals surface area contributed by atoms with E-state index in [9.17, 15) is 18.0 Å². The fraction of sp³-hybridized carbons (Fsp3) is 0.476. The number of benzene rings is 1. The fourth-order valence-corrected chi connectivity index (χ4v) is 4.78. The monoisotopic (exact) mass is 467 g/mol. The molecule has 2 aromatic rings. The van der Waals surface area contributed by atoms with E-state index in [0.29, 0.717) is 22.2 Å². The van der Waals surface area contributed by atoms with Gasteiger partial charge in [-0.25, -0.2) is 22.5 Å². The lowest BCUT2D eigenvalue weighted by atomic mass is 10.2. The topological polar surface area (TPSA) is 96.9 Å². The van der Waals surface area contributed by atoms with Gasteiger partial charge in [0.2, 0.25) is 10.0 Å². The lowest BCUT2D eigenvalue weighted by molar-refractivity contribution is 0.0531. The van der Waals surface area contributed by atoms with E-state index in [2.05, 4.69) is 11.9 Å². The van der Waals surface area contributed by atoms with Crippen LogP contribution in [-0.2, 0) is 14.8 Å². The molecule has 0 radical (unpaired) electrons. The third-order valence-corrected chi connectivity index (χ3v) is 7.54. The van der Waals surface area contributed by atoms with Gasteiger partial charge in [-0.1, -0.05) is 37.2 Å².